The molecule has 0 heterocycles. The van der Waals surface area contributed by atoms with Crippen LogP contribution in [0.25, 0.3) is 0 Å². The smallest absolute Gasteiger partial charge is 0.323 e. The monoisotopic (exact) mass is 259 g/mol. The van der Waals surface area contributed by atoms with Crippen molar-refractivity contribution in [3.63, 3.8) is 0 Å². The second kappa shape index (κ2) is 9.34. The van der Waals surface area contributed by atoms with Crippen molar-refractivity contribution in [2.45, 2.75) is 71.4 Å². The lowest BCUT2D eigenvalue weighted by molar-refractivity contribution is -0.145. The van der Waals surface area contributed by atoms with E-state index in [2.05, 4.69) is 12.2 Å². The molecule has 2 atom stereocenters. The third kappa shape index (κ3) is 5.83. The van der Waals surface area contributed by atoms with E-state index in [1.54, 1.807) is 0 Å². The minimum absolute atomic E-state index is 0.259. The van der Waals surface area contributed by atoms with E-state index >= 15 is 0 Å². The summed E-state index contributed by atoms with van der Waals surface area (Å²) in [6.07, 6.45) is 4.20. The molecule has 0 aliphatic carbocycles. The van der Waals surface area contributed by atoms with Crippen LogP contribution in [0.2, 0.25) is 0 Å². The minimum Gasteiger partial charge on any atom is -0.480 e. The van der Waals surface area contributed by atoms with Crippen LogP contribution in [0.4, 0.5) is 0 Å². The lowest BCUT2D eigenvalue weighted by Gasteiger charge is -2.29. The van der Waals surface area contributed by atoms with Gasteiger partial charge in [-0.15, -0.1) is 0 Å². The fourth-order valence-electron chi connectivity index (χ4n) is 1.86. The summed E-state index contributed by atoms with van der Waals surface area (Å²) in [5.41, 5.74) is -0.783. The van der Waals surface area contributed by atoms with Crippen LogP contribution in [0.15, 0.2) is 0 Å². The number of aliphatic carboxylic acids is 1. The van der Waals surface area contributed by atoms with Gasteiger partial charge in [-0.05, 0) is 45.6 Å². The van der Waals surface area contributed by atoms with Crippen molar-refractivity contribution in [2.24, 2.45) is 0 Å². The summed E-state index contributed by atoms with van der Waals surface area (Å²) in [5.74, 6) is -0.748. The number of nitrogens with one attached hydrogen (secondary N) is 1. The van der Waals surface area contributed by atoms with E-state index in [9.17, 15) is 9.90 Å². The number of hydrogen-bond donors (Lipinski definition) is 2. The van der Waals surface area contributed by atoms with Gasteiger partial charge in [0.15, 0.2) is 0 Å². The molecule has 0 bridgehead atoms. The van der Waals surface area contributed by atoms with E-state index < -0.39 is 11.5 Å². The second-order valence-electron chi connectivity index (χ2n) is 4.86. The highest BCUT2D eigenvalue weighted by molar-refractivity contribution is 5.78. The van der Waals surface area contributed by atoms with Crippen molar-refractivity contribution in [1.82, 2.24) is 5.32 Å². The van der Waals surface area contributed by atoms with Gasteiger partial charge in [0, 0.05) is 6.61 Å². The van der Waals surface area contributed by atoms with E-state index in [0.717, 1.165) is 25.8 Å². The van der Waals surface area contributed by atoms with Crippen LogP contribution in [0, 0.1) is 0 Å². The van der Waals surface area contributed by atoms with E-state index in [1.165, 1.54) is 0 Å². The van der Waals surface area contributed by atoms with Gasteiger partial charge in [0.1, 0.15) is 5.54 Å². The molecule has 0 aromatic heterocycles. The molecule has 4 nitrogen and oxygen atoms in total. The van der Waals surface area contributed by atoms with Gasteiger partial charge in [0.05, 0.1) is 6.10 Å². The first kappa shape index (κ1) is 17.4. The van der Waals surface area contributed by atoms with Crippen LogP contribution in [0.1, 0.15) is 59.8 Å². The summed E-state index contributed by atoms with van der Waals surface area (Å²) in [5, 5.41) is 12.6. The van der Waals surface area contributed by atoms with E-state index in [1.807, 2.05) is 20.8 Å². The zero-order chi connectivity index (χ0) is 14.0. The van der Waals surface area contributed by atoms with Crippen LogP contribution in [-0.2, 0) is 9.53 Å². The zero-order valence-corrected chi connectivity index (χ0v) is 12.3. The molecular formula is C14H29NO3. The fourth-order valence-corrected chi connectivity index (χ4v) is 1.86. The second-order valence-corrected chi connectivity index (χ2v) is 4.86. The Hall–Kier alpha value is -0.610. The first-order valence-electron chi connectivity index (χ1n) is 7.12. The molecule has 0 aromatic rings. The average molecular weight is 259 g/mol. The highest BCUT2D eigenvalue weighted by Gasteiger charge is 2.35. The predicted molar refractivity (Wildman–Crippen MR) is 73.9 cm³/mol. The normalized spacial score (nSPS) is 16.2. The number of hydrogen-bond acceptors (Lipinski definition) is 3. The van der Waals surface area contributed by atoms with E-state index in [4.69, 9.17) is 4.74 Å². The van der Waals surface area contributed by atoms with Gasteiger partial charge in [-0.25, -0.2) is 0 Å². The van der Waals surface area contributed by atoms with Crippen molar-refractivity contribution < 1.29 is 14.6 Å². The molecule has 0 amide bonds. The molecule has 0 spiro atoms. The lowest BCUT2D eigenvalue weighted by atomic mass is 9.90. The van der Waals surface area contributed by atoms with Gasteiger partial charge in [0.2, 0.25) is 0 Å². The molecule has 0 fully saturated rings. The van der Waals surface area contributed by atoms with Crippen LogP contribution >= 0.6 is 0 Å². The first-order chi connectivity index (χ1) is 8.52. The van der Waals surface area contributed by atoms with Crippen molar-refractivity contribution in [2.75, 3.05) is 13.2 Å². The molecule has 0 aliphatic rings. The molecule has 0 radical (unpaired) electrons. The number of ether oxygens (including phenoxy) is 1. The lowest BCUT2D eigenvalue weighted by Crippen LogP contribution is -2.52. The van der Waals surface area contributed by atoms with Crippen LogP contribution < -0.4 is 5.32 Å². The fraction of sp³-hybridized carbons (Fsp3) is 0.929. The Balaban J connectivity index is 4.19. The largest absolute Gasteiger partial charge is 0.480 e. The quantitative estimate of drug-likeness (QED) is 0.560. The van der Waals surface area contributed by atoms with Crippen LogP contribution in [0.3, 0.4) is 0 Å². The van der Waals surface area contributed by atoms with Gasteiger partial charge in [-0.1, -0.05) is 20.8 Å². The molecule has 2 N–H and O–H groups in total. The summed E-state index contributed by atoms with van der Waals surface area (Å²) in [4.78, 5) is 11.4. The maximum Gasteiger partial charge on any atom is 0.323 e. The third-order valence-electron chi connectivity index (χ3n) is 3.45. The number of rotatable bonds is 11. The molecule has 0 aliphatic heterocycles. The van der Waals surface area contributed by atoms with Gasteiger partial charge in [0.25, 0.3) is 0 Å². The molecule has 0 aromatic carbocycles. The van der Waals surface area contributed by atoms with Crippen LogP contribution in [-0.4, -0.2) is 35.9 Å². The van der Waals surface area contributed by atoms with Gasteiger partial charge in [-0.3, -0.25) is 4.79 Å². The Morgan fingerprint density at radius 1 is 1.39 bits per heavy atom. The number of carboxylic acids is 1. The Bertz CT molecular complexity index is 233. The minimum atomic E-state index is -0.783. The molecule has 0 saturated heterocycles. The Morgan fingerprint density at radius 3 is 2.50 bits per heavy atom. The van der Waals surface area contributed by atoms with Crippen LogP contribution in [0.5, 0.6) is 0 Å². The molecule has 108 valence electrons. The molecule has 2 unspecified atom stereocenters. The highest BCUT2D eigenvalue weighted by atomic mass is 16.5. The van der Waals surface area contributed by atoms with E-state index in [0.29, 0.717) is 19.4 Å². The molecule has 18 heavy (non-hydrogen) atoms. The number of carbonyl (C=O) groups is 1. The molecule has 0 rings (SSSR count). The Morgan fingerprint density at radius 2 is 2.06 bits per heavy atom. The summed E-state index contributed by atoms with van der Waals surface area (Å²) < 4.78 is 5.59. The molecule has 4 heteroatoms. The van der Waals surface area contributed by atoms with E-state index in [-0.39, 0.29) is 6.10 Å². The van der Waals surface area contributed by atoms with Crippen molar-refractivity contribution in [1.29, 1.82) is 0 Å². The average Bonchev–Trinajstić information content (AvgIpc) is 2.37. The third-order valence-corrected chi connectivity index (χ3v) is 3.45. The standard InChI is InChI=1S/C14H29NO3/c1-5-10-15-14(7-3,13(16)17)9-8-11-18-12(4)6-2/h12,15H,5-11H2,1-4H3,(H,16,17). The highest BCUT2D eigenvalue weighted by Crippen LogP contribution is 2.18. The van der Waals surface area contributed by atoms with Crippen molar-refractivity contribution in [3.05, 3.63) is 0 Å². The van der Waals surface area contributed by atoms with Crippen molar-refractivity contribution >= 4 is 5.97 Å². The summed E-state index contributed by atoms with van der Waals surface area (Å²) in [6.45, 7) is 9.47. The summed E-state index contributed by atoms with van der Waals surface area (Å²) in [7, 11) is 0. The number of carboxylic acid groups (broad SMARTS) is 1. The Labute approximate surface area is 111 Å². The van der Waals surface area contributed by atoms with Gasteiger partial charge >= 0.3 is 5.97 Å². The van der Waals surface area contributed by atoms with Gasteiger partial charge in [-0.2, -0.15) is 0 Å². The Kier molecular flexibility index (Phi) is 9.02. The van der Waals surface area contributed by atoms with Gasteiger partial charge < -0.3 is 15.2 Å². The zero-order valence-electron chi connectivity index (χ0n) is 12.3. The predicted octanol–water partition coefficient (Wildman–Crippen LogP) is 2.81. The summed E-state index contributed by atoms with van der Waals surface area (Å²) in [6, 6.07) is 0. The summed E-state index contributed by atoms with van der Waals surface area (Å²) >= 11 is 0. The SMILES string of the molecule is CCCNC(CC)(CCCOC(C)CC)C(=O)O. The van der Waals surface area contributed by atoms with Crippen molar-refractivity contribution in [3.8, 4) is 0 Å². The maximum absolute atomic E-state index is 11.4. The molecular weight excluding hydrogens is 230 g/mol. The topological polar surface area (TPSA) is 58.6 Å². The first-order valence-corrected chi connectivity index (χ1v) is 7.12. The maximum atomic E-state index is 11.4. The molecule has 0 saturated carbocycles.